The SMILES string of the molecule is CCOC(=O)c1cnn(CN(C)Cc2cc(Br)cs2)c1C(F)F. The average molecular weight is 408 g/mol. The van der Waals surface area contributed by atoms with E-state index in [1.807, 2.05) is 16.3 Å². The maximum atomic E-state index is 13.3. The summed E-state index contributed by atoms with van der Waals surface area (Å²) in [7, 11) is 1.80. The van der Waals surface area contributed by atoms with Gasteiger partial charge in [0.2, 0.25) is 0 Å². The Labute approximate surface area is 145 Å². The Morgan fingerprint density at radius 3 is 2.87 bits per heavy atom. The molecule has 0 aliphatic heterocycles. The highest BCUT2D eigenvalue weighted by atomic mass is 79.9. The summed E-state index contributed by atoms with van der Waals surface area (Å²) in [4.78, 5) is 14.7. The third-order valence-corrected chi connectivity index (χ3v) is 4.69. The zero-order valence-electron chi connectivity index (χ0n) is 12.6. The molecule has 0 aliphatic rings. The zero-order chi connectivity index (χ0) is 17.0. The smallest absolute Gasteiger partial charge is 0.341 e. The van der Waals surface area contributed by atoms with Crippen molar-refractivity contribution in [2.24, 2.45) is 0 Å². The fourth-order valence-electron chi connectivity index (χ4n) is 2.09. The fraction of sp³-hybridized carbons (Fsp3) is 0.429. The second-order valence-corrected chi connectivity index (χ2v) is 6.76. The number of hydrogen-bond acceptors (Lipinski definition) is 5. The second kappa shape index (κ2) is 7.98. The number of alkyl halides is 2. The Balaban J connectivity index is 2.14. The van der Waals surface area contributed by atoms with Crippen LogP contribution in [0.2, 0.25) is 0 Å². The molecule has 0 N–H and O–H groups in total. The topological polar surface area (TPSA) is 47.4 Å². The maximum Gasteiger partial charge on any atom is 0.341 e. The van der Waals surface area contributed by atoms with Gasteiger partial charge >= 0.3 is 5.97 Å². The molecule has 0 amide bonds. The largest absolute Gasteiger partial charge is 0.462 e. The Hall–Kier alpha value is -1.32. The van der Waals surface area contributed by atoms with E-state index in [0.717, 1.165) is 20.2 Å². The molecule has 23 heavy (non-hydrogen) atoms. The minimum Gasteiger partial charge on any atom is -0.462 e. The number of nitrogens with zero attached hydrogens (tertiary/aromatic N) is 3. The van der Waals surface area contributed by atoms with E-state index in [2.05, 4.69) is 21.0 Å². The third-order valence-electron chi connectivity index (χ3n) is 3.01. The average Bonchev–Trinajstić information content (AvgIpc) is 3.05. The lowest BCUT2D eigenvalue weighted by molar-refractivity contribution is 0.0512. The lowest BCUT2D eigenvalue weighted by atomic mass is 10.2. The van der Waals surface area contributed by atoms with Gasteiger partial charge in [0.25, 0.3) is 6.43 Å². The highest BCUT2D eigenvalue weighted by molar-refractivity contribution is 9.10. The highest BCUT2D eigenvalue weighted by Crippen LogP contribution is 2.25. The molecule has 2 aromatic heterocycles. The molecule has 0 saturated heterocycles. The van der Waals surface area contributed by atoms with E-state index >= 15 is 0 Å². The first-order valence-corrected chi connectivity index (χ1v) is 8.52. The minimum atomic E-state index is -2.80. The summed E-state index contributed by atoms with van der Waals surface area (Å²) in [6.45, 7) is 2.49. The highest BCUT2D eigenvalue weighted by Gasteiger charge is 2.25. The molecule has 2 rings (SSSR count). The van der Waals surface area contributed by atoms with Crippen LogP contribution < -0.4 is 0 Å². The van der Waals surface area contributed by atoms with E-state index in [-0.39, 0.29) is 18.8 Å². The van der Waals surface area contributed by atoms with Gasteiger partial charge < -0.3 is 4.74 Å². The number of carbonyl (C=O) groups is 1. The van der Waals surface area contributed by atoms with E-state index in [9.17, 15) is 13.6 Å². The molecule has 0 bridgehead atoms. The van der Waals surface area contributed by atoms with Crippen LogP contribution in [0.25, 0.3) is 0 Å². The van der Waals surface area contributed by atoms with E-state index in [4.69, 9.17) is 4.74 Å². The first-order valence-electron chi connectivity index (χ1n) is 6.84. The molecule has 0 aromatic carbocycles. The number of thiophene rings is 1. The molecule has 0 saturated carbocycles. The Morgan fingerprint density at radius 1 is 1.57 bits per heavy atom. The van der Waals surface area contributed by atoms with Gasteiger partial charge in [0, 0.05) is 21.3 Å². The second-order valence-electron chi connectivity index (χ2n) is 4.85. The van der Waals surface area contributed by atoms with E-state index in [1.54, 1.807) is 25.3 Å². The van der Waals surface area contributed by atoms with Gasteiger partial charge in [0.05, 0.1) is 19.5 Å². The van der Waals surface area contributed by atoms with Gasteiger partial charge in [-0.1, -0.05) is 0 Å². The predicted octanol–water partition coefficient (Wildman–Crippen LogP) is 3.91. The summed E-state index contributed by atoms with van der Waals surface area (Å²) < 4.78 is 33.5. The standard InChI is InChI=1S/C14H16BrF2N3O2S/c1-3-22-14(21)11-5-18-20(12(11)13(16)17)8-19(2)6-10-4-9(15)7-23-10/h4-5,7,13H,3,6,8H2,1-2H3. The van der Waals surface area contributed by atoms with Crippen LogP contribution in [-0.4, -0.2) is 34.3 Å². The van der Waals surface area contributed by atoms with Gasteiger partial charge in [-0.3, -0.25) is 4.90 Å². The molecule has 0 atom stereocenters. The van der Waals surface area contributed by atoms with Gasteiger partial charge in [-0.15, -0.1) is 11.3 Å². The van der Waals surface area contributed by atoms with Crippen LogP contribution in [0.4, 0.5) is 8.78 Å². The lowest BCUT2D eigenvalue weighted by Crippen LogP contribution is -2.24. The first kappa shape index (κ1) is 18.0. The number of rotatable bonds is 7. The van der Waals surface area contributed by atoms with Crippen molar-refractivity contribution in [2.45, 2.75) is 26.6 Å². The van der Waals surface area contributed by atoms with Crippen molar-refractivity contribution >= 4 is 33.2 Å². The van der Waals surface area contributed by atoms with Crippen molar-refractivity contribution in [3.05, 3.63) is 38.3 Å². The first-order chi connectivity index (χ1) is 10.9. The fourth-order valence-corrected chi connectivity index (χ4v) is 3.62. The number of hydrogen-bond donors (Lipinski definition) is 0. The summed E-state index contributed by atoms with van der Waals surface area (Å²) in [6, 6.07) is 1.97. The summed E-state index contributed by atoms with van der Waals surface area (Å²) in [5, 5.41) is 5.87. The normalized spacial score (nSPS) is 11.4. The van der Waals surface area contributed by atoms with Crippen LogP contribution in [0.3, 0.4) is 0 Å². The van der Waals surface area contributed by atoms with Crippen molar-refractivity contribution in [1.82, 2.24) is 14.7 Å². The van der Waals surface area contributed by atoms with E-state index < -0.39 is 18.1 Å². The molecule has 5 nitrogen and oxygen atoms in total. The van der Waals surface area contributed by atoms with Crippen LogP contribution >= 0.6 is 27.3 Å². The van der Waals surface area contributed by atoms with E-state index in [1.165, 1.54) is 0 Å². The summed E-state index contributed by atoms with van der Waals surface area (Å²) in [5.74, 6) is -0.779. The molecule has 126 valence electrons. The molecular weight excluding hydrogens is 392 g/mol. The molecule has 0 radical (unpaired) electrons. The Bertz CT molecular complexity index is 675. The van der Waals surface area contributed by atoms with Crippen LogP contribution in [0.15, 0.2) is 22.1 Å². The van der Waals surface area contributed by atoms with E-state index in [0.29, 0.717) is 6.54 Å². The third kappa shape index (κ3) is 4.58. The van der Waals surface area contributed by atoms with Crippen LogP contribution in [0.1, 0.15) is 34.3 Å². The summed E-state index contributed by atoms with van der Waals surface area (Å²) >= 11 is 4.95. The molecule has 0 fully saturated rings. The number of esters is 1. The quantitative estimate of drug-likeness (QED) is 0.652. The number of carbonyl (C=O) groups excluding carboxylic acids is 1. The van der Waals surface area contributed by atoms with Crippen molar-refractivity contribution in [1.29, 1.82) is 0 Å². The number of ether oxygens (including phenoxy) is 1. The molecular formula is C14H16BrF2N3O2S. The minimum absolute atomic E-state index is 0.125. The van der Waals surface area contributed by atoms with Gasteiger partial charge in [0.1, 0.15) is 11.3 Å². The monoisotopic (exact) mass is 407 g/mol. The molecule has 0 spiro atoms. The molecule has 0 unspecified atom stereocenters. The van der Waals surface area contributed by atoms with Crippen molar-refractivity contribution in [3.8, 4) is 0 Å². The van der Waals surface area contributed by atoms with Crippen LogP contribution in [0.5, 0.6) is 0 Å². The summed E-state index contributed by atoms with van der Waals surface area (Å²) in [5.41, 5.74) is -0.600. The van der Waals surface area contributed by atoms with Crippen LogP contribution in [-0.2, 0) is 18.0 Å². The van der Waals surface area contributed by atoms with Gasteiger partial charge in [-0.2, -0.15) is 5.10 Å². The Kier molecular flexibility index (Phi) is 6.25. The van der Waals surface area contributed by atoms with Crippen molar-refractivity contribution in [3.63, 3.8) is 0 Å². The lowest BCUT2D eigenvalue weighted by Gasteiger charge is -2.17. The molecule has 9 heteroatoms. The maximum absolute atomic E-state index is 13.3. The molecule has 0 aliphatic carbocycles. The zero-order valence-corrected chi connectivity index (χ0v) is 15.0. The van der Waals surface area contributed by atoms with Gasteiger partial charge in [-0.05, 0) is 36.0 Å². The number of halogens is 3. The molecule has 2 heterocycles. The van der Waals surface area contributed by atoms with Gasteiger partial charge in [0.15, 0.2) is 0 Å². The number of aromatic nitrogens is 2. The van der Waals surface area contributed by atoms with Crippen LogP contribution in [0, 0.1) is 0 Å². The van der Waals surface area contributed by atoms with Gasteiger partial charge in [-0.25, -0.2) is 18.3 Å². The van der Waals surface area contributed by atoms with Crippen molar-refractivity contribution < 1.29 is 18.3 Å². The molecule has 2 aromatic rings. The predicted molar refractivity (Wildman–Crippen MR) is 86.6 cm³/mol. The summed E-state index contributed by atoms with van der Waals surface area (Å²) in [6.07, 6.45) is -1.67. The Morgan fingerprint density at radius 2 is 2.30 bits per heavy atom. The van der Waals surface area contributed by atoms with Crippen molar-refractivity contribution in [2.75, 3.05) is 13.7 Å².